The summed E-state index contributed by atoms with van der Waals surface area (Å²) in [5.74, 6) is 0. The van der Waals surface area contributed by atoms with Crippen LogP contribution in [0.2, 0.25) is 0 Å². The van der Waals surface area contributed by atoms with E-state index >= 15 is 0 Å². The van der Waals surface area contributed by atoms with E-state index in [0.717, 1.165) is 10.9 Å². The van der Waals surface area contributed by atoms with Crippen LogP contribution in [0.15, 0.2) is 54.6 Å². The number of fused-ring (bicyclic) bond motifs is 1. The molecule has 3 rings (SSSR count). The summed E-state index contributed by atoms with van der Waals surface area (Å²) in [6.07, 6.45) is 3.31. The van der Waals surface area contributed by atoms with E-state index in [2.05, 4.69) is 4.98 Å². The third-order valence-corrected chi connectivity index (χ3v) is 3.12. The molecule has 0 fully saturated rings. The second-order valence-electron chi connectivity index (χ2n) is 4.33. The van der Waals surface area contributed by atoms with Crippen molar-refractivity contribution in [3.8, 4) is 0 Å². The minimum atomic E-state index is -0.913. The number of nitrogens with zero attached hydrogens (tertiary/aromatic N) is 1. The van der Waals surface area contributed by atoms with Gasteiger partial charge in [-0.25, -0.2) is 4.98 Å². The van der Waals surface area contributed by atoms with Crippen molar-refractivity contribution in [3.63, 3.8) is 0 Å². The van der Waals surface area contributed by atoms with Gasteiger partial charge in [-0.15, -0.1) is 0 Å². The molecule has 0 bridgehead atoms. The van der Waals surface area contributed by atoms with Crippen LogP contribution in [0.3, 0.4) is 0 Å². The van der Waals surface area contributed by atoms with Crippen LogP contribution in [-0.2, 0) is 0 Å². The van der Waals surface area contributed by atoms with Crippen LogP contribution in [0.25, 0.3) is 16.5 Å². The summed E-state index contributed by atoms with van der Waals surface area (Å²) in [6.45, 7) is 0. The topological polar surface area (TPSA) is 53.4 Å². The van der Waals surface area contributed by atoms with E-state index in [1.54, 1.807) is 18.2 Å². The standard InChI is InChI=1S/C15H13NO2/c17-14-7-3-5-11(15(14)18)13-9-8-10-4-1-2-6-12(10)16-13/h1-9,14-15,17-18H/t14-,15+/m0/s1. The van der Waals surface area contributed by atoms with Crippen molar-refractivity contribution in [1.82, 2.24) is 4.98 Å². The molecule has 1 heterocycles. The summed E-state index contributed by atoms with van der Waals surface area (Å²) in [5, 5.41) is 20.6. The first-order valence-electron chi connectivity index (χ1n) is 5.86. The fourth-order valence-electron chi connectivity index (χ4n) is 2.12. The Balaban J connectivity index is 2.09. The molecule has 0 amide bonds. The Kier molecular flexibility index (Phi) is 2.70. The maximum atomic E-state index is 9.95. The monoisotopic (exact) mass is 239 g/mol. The number of para-hydroxylation sites is 1. The largest absolute Gasteiger partial charge is 0.386 e. The Bertz CT molecular complexity index is 646. The normalized spacial score (nSPS) is 23.1. The Hall–Kier alpha value is -1.97. The van der Waals surface area contributed by atoms with Gasteiger partial charge in [0.15, 0.2) is 0 Å². The van der Waals surface area contributed by atoms with E-state index in [4.69, 9.17) is 0 Å². The van der Waals surface area contributed by atoms with E-state index in [9.17, 15) is 10.2 Å². The molecule has 90 valence electrons. The van der Waals surface area contributed by atoms with Crippen LogP contribution in [0.4, 0.5) is 0 Å². The molecule has 1 aliphatic rings. The molecule has 1 aliphatic carbocycles. The number of hydrogen-bond donors (Lipinski definition) is 2. The van der Waals surface area contributed by atoms with Gasteiger partial charge in [0.2, 0.25) is 0 Å². The Morgan fingerprint density at radius 2 is 1.83 bits per heavy atom. The first-order chi connectivity index (χ1) is 8.75. The summed E-state index contributed by atoms with van der Waals surface area (Å²) in [7, 11) is 0. The molecule has 18 heavy (non-hydrogen) atoms. The first kappa shape index (κ1) is 11.1. The number of aliphatic hydroxyl groups excluding tert-OH is 2. The predicted octanol–water partition coefficient (Wildman–Crippen LogP) is 1.91. The lowest BCUT2D eigenvalue weighted by Crippen LogP contribution is -2.27. The third kappa shape index (κ3) is 1.83. The summed E-state index contributed by atoms with van der Waals surface area (Å²) in [6, 6.07) is 11.6. The fourth-order valence-corrected chi connectivity index (χ4v) is 2.12. The summed E-state index contributed by atoms with van der Waals surface area (Å²) >= 11 is 0. The molecule has 0 radical (unpaired) electrons. The van der Waals surface area contributed by atoms with Gasteiger partial charge >= 0.3 is 0 Å². The summed E-state index contributed by atoms with van der Waals surface area (Å²) < 4.78 is 0. The van der Waals surface area contributed by atoms with Gasteiger partial charge in [0.1, 0.15) is 12.2 Å². The highest BCUT2D eigenvalue weighted by atomic mass is 16.3. The Morgan fingerprint density at radius 1 is 1.00 bits per heavy atom. The average Bonchev–Trinajstić information content (AvgIpc) is 2.41. The fraction of sp³-hybridized carbons (Fsp3) is 0.133. The van der Waals surface area contributed by atoms with E-state index in [-0.39, 0.29) is 0 Å². The zero-order valence-corrected chi connectivity index (χ0v) is 9.69. The quantitative estimate of drug-likeness (QED) is 0.799. The molecule has 0 saturated carbocycles. The molecule has 1 aromatic heterocycles. The van der Waals surface area contributed by atoms with E-state index in [1.807, 2.05) is 36.4 Å². The second-order valence-corrected chi connectivity index (χ2v) is 4.33. The van der Waals surface area contributed by atoms with Crippen LogP contribution in [0, 0.1) is 0 Å². The van der Waals surface area contributed by atoms with Gasteiger partial charge in [-0.1, -0.05) is 42.5 Å². The number of pyridine rings is 1. The van der Waals surface area contributed by atoms with E-state index < -0.39 is 12.2 Å². The minimum Gasteiger partial charge on any atom is -0.386 e. The highest BCUT2D eigenvalue weighted by Gasteiger charge is 2.22. The van der Waals surface area contributed by atoms with Crippen molar-refractivity contribution in [2.45, 2.75) is 12.2 Å². The Labute approximate surface area is 105 Å². The lowest BCUT2D eigenvalue weighted by Gasteiger charge is -2.20. The maximum Gasteiger partial charge on any atom is 0.111 e. The molecule has 3 nitrogen and oxygen atoms in total. The molecule has 3 heteroatoms. The molecule has 0 unspecified atom stereocenters. The summed E-state index contributed by atoms with van der Waals surface area (Å²) in [5.41, 5.74) is 2.23. The van der Waals surface area contributed by atoms with Crippen molar-refractivity contribution in [2.75, 3.05) is 0 Å². The van der Waals surface area contributed by atoms with E-state index in [1.165, 1.54) is 0 Å². The molecule has 0 spiro atoms. The number of hydrogen-bond acceptors (Lipinski definition) is 3. The predicted molar refractivity (Wildman–Crippen MR) is 70.9 cm³/mol. The van der Waals surface area contributed by atoms with Crippen molar-refractivity contribution in [3.05, 3.63) is 60.3 Å². The molecule has 1 aromatic carbocycles. The van der Waals surface area contributed by atoms with Gasteiger partial charge in [-0.3, -0.25) is 0 Å². The molecule has 2 N–H and O–H groups in total. The SMILES string of the molecule is O[C@@H]1C(c2ccc3ccccc3n2)=CC=C[C@@H]1O. The van der Waals surface area contributed by atoms with Crippen molar-refractivity contribution in [1.29, 1.82) is 0 Å². The van der Waals surface area contributed by atoms with Crippen molar-refractivity contribution >= 4 is 16.5 Å². The molecule has 2 aromatic rings. The van der Waals surface area contributed by atoms with Gasteiger partial charge in [-0.05, 0) is 12.1 Å². The lowest BCUT2D eigenvalue weighted by molar-refractivity contribution is 0.0857. The van der Waals surface area contributed by atoms with Gasteiger partial charge in [-0.2, -0.15) is 0 Å². The van der Waals surface area contributed by atoms with Crippen LogP contribution >= 0.6 is 0 Å². The maximum absolute atomic E-state index is 9.95. The van der Waals surface area contributed by atoms with Crippen molar-refractivity contribution < 1.29 is 10.2 Å². The van der Waals surface area contributed by atoms with Crippen molar-refractivity contribution in [2.24, 2.45) is 0 Å². The van der Waals surface area contributed by atoms with Crippen LogP contribution in [0.5, 0.6) is 0 Å². The molecule has 0 saturated heterocycles. The first-order valence-corrected chi connectivity index (χ1v) is 5.86. The zero-order valence-electron chi connectivity index (χ0n) is 9.69. The lowest BCUT2D eigenvalue weighted by atomic mass is 9.96. The van der Waals surface area contributed by atoms with Crippen LogP contribution in [0.1, 0.15) is 5.69 Å². The second kappa shape index (κ2) is 4.37. The highest BCUT2D eigenvalue weighted by molar-refractivity contribution is 5.82. The number of benzene rings is 1. The molecule has 2 atom stereocenters. The average molecular weight is 239 g/mol. The summed E-state index contributed by atoms with van der Waals surface area (Å²) in [4.78, 5) is 4.51. The van der Waals surface area contributed by atoms with Gasteiger partial charge in [0.25, 0.3) is 0 Å². The number of allylic oxidation sites excluding steroid dienone is 2. The van der Waals surface area contributed by atoms with Crippen LogP contribution < -0.4 is 0 Å². The minimum absolute atomic E-state index is 0.649. The zero-order chi connectivity index (χ0) is 12.5. The van der Waals surface area contributed by atoms with Gasteiger partial charge in [0, 0.05) is 11.0 Å². The number of aromatic nitrogens is 1. The Morgan fingerprint density at radius 3 is 2.72 bits per heavy atom. The van der Waals surface area contributed by atoms with Gasteiger partial charge < -0.3 is 10.2 Å². The molecular formula is C15H13NO2. The number of rotatable bonds is 1. The van der Waals surface area contributed by atoms with Gasteiger partial charge in [0.05, 0.1) is 11.2 Å². The number of aliphatic hydroxyl groups is 2. The highest BCUT2D eigenvalue weighted by Crippen LogP contribution is 2.24. The molecule has 0 aliphatic heterocycles. The third-order valence-electron chi connectivity index (χ3n) is 3.12. The molecular weight excluding hydrogens is 226 g/mol. The van der Waals surface area contributed by atoms with E-state index in [0.29, 0.717) is 11.3 Å². The van der Waals surface area contributed by atoms with Crippen LogP contribution in [-0.4, -0.2) is 27.4 Å². The smallest absolute Gasteiger partial charge is 0.111 e.